The van der Waals surface area contributed by atoms with E-state index >= 15 is 0 Å². The summed E-state index contributed by atoms with van der Waals surface area (Å²) in [6.45, 7) is 0. The van der Waals surface area contributed by atoms with Crippen LogP contribution in [0, 0.1) is 0 Å². The van der Waals surface area contributed by atoms with Gasteiger partial charge in [0.15, 0.2) is 0 Å². The minimum Gasteiger partial charge on any atom is -0.768 e. The first-order chi connectivity index (χ1) is 5.79. The molecule has 0 bridgehead atoms. The van der Waals surface area contributed by atoms with Crippen molar-refractivity contribution in [3.8, 4) is 0 Å². The van der Waals surface area contributed by atoms with E-state index in [1.807, 2.05) is 18.2 Å². The molecule has 0 aliphatic carbocycles. The van der Waals surface area contributed by atoms with Crippen LogP contribution in [0.3, 0.4) is 0 Å². The summed E-state index contributed by atoms with van der Waals surface area (Å²) in [7, 11) is 0. The number of benzene rings is 1. The SMILES string of the molecule is O=S([O-])c1c[nH]c2ccccc12.[Na+]. The third-order valence-electron chi connectivity index (χ3n) is 1.73. The number of hydrogen-bond donors (Lipinski definition) is 1. The smallest absolute Gasteiger partial charge is 0.768 e. The molecule has 0 radical (unpaired) electrons. The molecule has 5 heteroatoms. The van der Waals surface area contributed by atoms with E-state index in [1.165, 1.54) is 6.20 Å². The summed E-state index contributed by atoms with van der Waals surface area (Å²) in [6, 6.07) is 7.28. The maximum atomic E-state index is 10.7. The summed E-state index contributed by atoms with van der Waals surface area (Å²) >= 11 is -2.15. The number of rotatable bonds is 1. The molecule has 0 aliphatic heterocycles. The van der Waals surface area contributed by atoms with Gasteiger partial charge in [-0.15, -0.1) is 0 Å². The molecule has 0 amide bonds. The standard InChI is InChI=1S/C8H7NO2S.Na/c10-12(11)8-5-9-7-4-2-1-3-6(7)8;/h1-5,9H,(H,10,11);/q;+1/p-1. The van der Waals surface area contributed by atoms with Crippen molar-refractivity contribution in [2.75, 3.05) is 0 Å². The van der Waals surface area contributed by atoms with Crippen LogP contribution in [-0.2, 0) is 11.1 Å². The topological polar surface area (TPSA) is 55.9 Å². The van der Waals surface area contributed by atoms with Crippen LogP contribution < -0.4 is 29.6 Å². The normalized spacial score (nSPS) is 12.4. The minimum atomic E-state index is -2.15. The Labute approximate surface area is 100 Å². The van der Waals surface area contributed by atoms with Crippen LogP contribution in [0.2, 0.25) is 0 Å². The van der Waals surface area contributed by atoms with Gasteiger partial charge in [-0.2, -0.15) is 0 Å². The van der Waals surface area contributed by atoms with E-state index in [-0.39, 0.29) is 29.6 Å². The van der Waals surface area contributed by atoms with Crippen LogP contribution in [0.5, 0.6) is 0 Å². The van der Waals surface area contributed by atoms with Crippen molar-refractivity contribution in [1.29, 1.82) is 0 Å². The third-order valence-corrected chi connectivity index (χ3v) is 2.43. The average Bonchev–Trinajstić information content (AvgIpc) is 2.47. The molecule has 1 aromatic carbocycles. The van der Waals surface area contributed by atoms with Crippen LogP contribution in [0.25, 0.3) is 10.9 Å². The predicted molar refractivity (Wildman–Crippen MR) is 45.5 cm³/mol. The van der Waals surface area contributed by atoms with Crippen LogP contribution >= 0.6 is 0 Å². The molecule has 2 aromatic rings. The molecule has 62 valence electrons. The van der Waals surface area contributed by atoms with E-state index < -0.39 is 11.1 Å². The number of fused-ring (bicyclic) bond motifs is 1. The van der Waals surface area contributed by atoms with Crippen LogP contribution in [0.1, 0.15) is 0 Å². The third kappa shape index (κ3) is 2.03. The molecule has 3 nitrogen and oxygen atoms in total. The van der Waals surface area contributed by atoms with E-state index in [1.54, 1.807) is 6.07 Å². The summed E-state index contributed by atoms with van der Waals surface area (Å²) in [5.74, 6) is 0. The molecule has 1 unspecified atom stereocenters. The molecule has 13 heavy (non-hydrogen) atoms. The molecule has 1 aromatic heterocycles. The molecule has 2 rings (SSSR count). The Hall–Kier alpha value is -0.130. The first-order valence-corrected chi connectivity index (χ1v) is 4.52. The summed E-state index contributed by atoms with van der Waals surface area (Å²) in [5, 5.41) is 0.742. The molecule has 0 saturated carbocycles. The number of nitrogens with one attached hydrogen (secondary N) is 1. The second-order valence-electron chi connectivity index (χ2n) is 2.43. The Kier molecular flexibility index (Phi) is 3.70. The number of aromatic amines is 1. The first kappa shape index (κ1) is 10.9. The average molecular weight is 203 g/mol. The number of H-pyrrole nitrogens is 1. The molecule has 0 spiro atoms. The molecule has 0 aliphatic rings. The zero-order chi connectivity index (χ0) is 8.55. The fourth-order valence-electron chi connectivity index (χ4n) is 1.18. The summed E-state index contributed by atoms with van der Waals surface area (Å²) in [6.07, 6.45) is 1.49. The van der Waals surface area contributed by atoms with Crippen molar-refractivity contribution >= 4 is 22.0 Å². The van der Waals surface area contributed by atoms with Gasteiger partial charge in [-0.3, -0.25) is 4.21 Å². The van der Waals surface area contributed by atoms with Gasteiger partial charge in [-0.1, -0.05) is 18.2 Å². The van der Waals surface area contributed by atoms with Gasteiger partial charge >= 0.3 is 29.6 Å². The predicted octanol–water partition coefficient (Wildman–Crippen LogP) is -1.59. The summed E-state index contributed by atoms with van der Waals surface area (Å²) in [4.78, 5) is 3.20. The molecule has 0 fully saturated rings. The van der Waals surface area contributed by atoms with Crippen LogP contribution in [-0.4, -0.2) is 13.7 Å². The fraction of sp³-hybridized carbons (Fsp3) is 0. The molecule has 1 atom stereocenters. The van der Waals surface area contributed by atoms with Crippen molar-refractivity contribution < 1.29 is 38.3 Å². The number of para-hydroxylation sites is 1. The van der Waals surface area contributed by atoms with E-state index in [9.17, 15) is 8.76 Å². The van der Waals surface area contributed by atoms with Gasteiger partial charge in [0.1, 0.15) is 0 Å². The Morgan fingerprint density at radius 2 is 2.00 bits per heavy atom. The molecule has 1 heterocycles. The van der Waals surface area contributed by atoms with Gasteiger partial charge in [-0.25, -0.2) is 0 Å². The molecular weight excluding hydrogens is 197 g/mol. The maximum Gasteiger partial charge on any atom is 1.00 e. The second-order valence-corrected chi connectivity index (χ2v) is 3.34. The largest absolute Gasteiger partial charge is 1.00 e. The van der Waals surface area contributed by atoms with Crippen LogP contribution in [0.15, 0.2) is 35.4 Å². The van der Waals surface area contributed by atoms with Crippen molar-refractivity contribution in [2.24, 2.45) is 0 Å². The summed E-state index contributed by atoms with van der Waals surface area (Å²) in [5.41, 5.74) is 0.844. The Morgan fingerprint density at radius 3 is 2.69 bits per heavy atom. The fourth-order valence-corrected chi connectivity index (χ4v) is 1.70. The maximum absolute atomic E-state index is 10.7. The molecule has 1 N–H and O–H groups in total. The zero-order valence-electron chi connectivity index (χ0n) is 7.11. The van der Waals surface area contributed by atoms with Gasteiger partial charge in [0.25, 0.3) is 0 Å². The summed E-state index contributed by atoms with van der Waals surface area (Å²) < 4.78 is 21.3. The monoisotopic (exact) mass is 203 g/mol. The van der Waals surface area contributed by atoms with Crippen molar-refractivity contribution in [3.05, 3.63) is 30.5 Å². The minimum absolute atomic E-state index is 0. The van der Waals surface area contributed by atoms with Gasteiger partial charge in [-0.05, 0) is 17.1 Å². The van der Waals surface area contributed by atoms with Gasteiger partial charge in [0, 0.05) is 17.1 Å². The number of aromatic nitrogens is 1. The van der Waals surface area contributed by atoms with E-state index in [0.29, 0.717) is 4.90 Å². The van der Waals surface area contributed by atoms with Crippen molar-refractivity contribution in [3.63, 3.8) is 0 Å². The Morgan fingerprint density at radius 1 is 1.31 bits per heavy atom. The van der Waals surface area contributed by atoms with E-state index in [4.69, 9.17) is 0 Å². The molecular formula is C8H6NNaO2S. The Balaban J connectivity index is 0.000000845. The van der Waals surface area contributed by atoms with Gasteiger partial charge < -0.3 is 9.54 Å². The van der Waals surface area contributed by atoms with Crippen molar-refractivity contribution in [1.82, 2.24) is 4.98 Å². The zero-order valence-corrected chi connectivity index (χ0v) is 9.93. The van der Waals surface area contributed by atoms with Gasteiger partial charge in [0.05, 0.1) is 4.90 Å². The Bertz CT molecular complexity index is 440. The molecule has 0 saturated heterocycles. The van der Waals surface area contributed by atoms with E-state index in [0.717, 1.165) is 10.9 Å². The van der Waals surface area contributed by atoms with E-state index in [2.05, 4.69) is 4.98 Å². The van der Waals surface area contributed by atoms with Gasteiger partial charge in [0.2, 0.25) is 0 Å². The quantitative estimate of drug-likeness (QED) is 0.449. The van der Waals surface area contributed by atoms with Crippen molar-refractivity contribution in [2.45, 2.75) is 4.90 Å². The first-order valence-electron chi connectivity index (χ1n) is 3.44. The second kappa shape index (κ2) is 4.39. The number of hydrogen-bond acceptors (Lipinski definition) is 2. The van der Waals surface area contributed by atoms with Crippen LogP contribution in [0.4, 0.5) is 0 Å².